The smallest absolute Gasteiger partial charge is 0.335 e. The highest BCUT2D eigenvalue weighted by molar-refractivity contribution is 5.95. The van der Waals surface area contributed by atoms with E-state index in [4.69, 9.17) is 5.11 Å². The topological polar surface area (TPSA) is 37.3 Å². The van der Waals surface area contributed by atoms with Gasteiger partial charge in [-0.1, -0.05) is 24.3 Å². The monoisotopic (exact) mass is 212 g/mol. The minimum absolute atomic E-state index is 0.362. The van der Waals surface area contributed by atoms with Crippen molar-refractivity contribution in [3.63, 3.8) is 0 Å². The van der Waals surface area contributed by atoms with Crippen molar-refractivity contribution in [3.05, 3.63) is 47.5 Å². The average Bonchev–Trinajstić information content (AvgIpc) is 3.11. The molecule has 0 atom stereocenters. The Bertz CT molecular complexity index is 568. The van der Waals surface area contributed by atoms with E-state index >= 15 is 0 Å². The summed E-state index contributed by atoms with van der Waals surface area (Å²) in [6.45, 7) is 0. The van der Waals surface area contributed by atoms with Crippen LogP contribution in [-0.4, -0.2) is 11.1 Å². The van der Waals surface area contributed by atoms with Crippen molar-refractivity contribution < 1.29 is 9.90 Å². The molecule has 0 bridgehead atoms. The molecule has 1 aliphatic carbocycles. The molecule has 0 heterocycles. The van der Waals surface area contributed by atoms with Gasteiger partial charge in [0.1, 0.15) is 0 Å². The molecule has 0 amide bonds. The molecule has 2 aromatic carbocycles. The lowest BCUT2D eigenvalue weighted by Crippen LogP contribution is -1.95. The molecule has 2 heteroatoms. The van der Waals surface area contributed by atoms with Gasteiger partial charge in [0.2, 0.25) is 0 Å². The number of hydrogen-bond donors (Lipinski definition) is 1. The predicted molar refractivity (Wildman–Crippen MR) is 62.9 cm³/mol. The number of carboxylic acids is 1. The van der Waals surface area contributed by atoms with Crippen LogP contribution in [0.5, 0.6) is 0 Å². The first-order valence-corrected chi connectivity index (χ1v) is 5.51. The van der Waals surface area contributed by atoms with Crippen LogP contribution in [0.3, 0.4) is 0 Å². The Morgan fingerprint density at radius 1 is 1.19 bits per heavy atom. The largest absolute Gasteiger partial charge is 0.478 e. The van der Waals surface area contributed by atoms with Crippen LogP contribution in [-0.2, 0) is 0 Å². The van der Waals surface area contributed by atoms with Crippen molar-refractivity contribution in [1.29, 1.82) is 0 Å². The molecule has 0 radical (unpaired) electrons. The molecule has 80 valence electrons. The second-order valence-corrected chi connectivity index (χ2v) is 4.36. The van der Waals surface area contributed by atoms with Gasteiger partial charge in [-0.05, 0) is 47.2 Å². The quantitative estimate of drug-likeness (QED) is 0.828. The van der Waals surface area contributed by atoms with Crippen LogP contribution >= 0.6 is 0 Å². The van der Waals surface area contributed by atoms with Crippen LogP contribution in [0.1, 0.15) is 34.7 Å². The molecule has 3 rings (SSSR count). The summed E-state index contributed by atoms with van der Waals surface area (Å²) in [4.78, 5) is 10.9. The number of rotatable bonds is 2. The van der Waals surface area contributed by atoms with E-state index in [-0.39, 0.29) is 0 Å². The van der Waals surface area contributed by atoms with E-state index in [1.54, 1.807) is 12.1 Å². The van der Waals surface area contributed by atoms with Gasteiger partial charge < -0.3 is 5.11 Å². The molecule has 0 unspecified atom stereocenters. The van der Waals surface area contributed by atoms with Crippen LogP contribution in [0.4, 0.5) is 0 Å². The highest BCUT2D eigenvalue weighted by Gasteiger charge is 2.24. The predicted octanol–water partition coefficient (Wildman–Crippen LogP) is 3.42. The maximum absolute atomic E-state index is 10.9. The van der Waals surface area contributed by atoms with Crippen molar-refractivity contribution in [2.45, 2.75) is 18.8 Å². The Morgan fingerprint density at radius 3 is 2.69 bits per heavy atom. The van der Waals surface area contributed by atoms with Gasteiger partial charge in [-0.3, -0.25) is 0 Å². The molecule has 2 nitrogen and oxygen atoms in total. The highest BCUT2D eigenvalue weighted by Crippen LogP contribution is 2.43. The maximum Gasteiger partial charge on any atom is 0.335 e. The number of benzene rings is 2. The van der Waals surface area contributed by atoms with Crippen LogP contribution in [0.2, 0.25) is 0 Å². The lowest BCUT2D eigenvalue weighted by atomic mass is 9.99. The first-order valence-electron chi connectivity index (χ1n) is 5.51. The molecule has 0 spiro atoms. The molecule has 16 heavy (non-hydrogen) atoms. The van der Waals surface area contributed by atoms with Gasteiger partial charge in [-0.2, -0.15) is 0 Å². The number of aromatic carboxylic acids is 1. The minimum atomic E-state index is -0.862. The Labute approximate surface area is 93.5 Å². The van der Waals surface area contributed by atoms with E-state index in [1.165, 1.54) is 23.8 Å². The molecule has 0 saturated heterocycles. The van der Waals surface area contributed by atoms with Crippen LogP contribution in [0.25, 0.3) is 10.8 Å². The first-order chi connectivity index (χ1) is 7.75. The van der Waals surface area contributed by atoms with Gasteiger partial charge in [0.05, 0.1) is 5.56 Å². The number of hydrogen-bond acceptors (Lipinski definition) is 1. The number of fused-ring (bicyclic) bond motifs is 1. The maximum atomic E-state index is 10.9. The van der Waals surface area contributed by atoms with Gasteiger partial charge >= 0.3 is 5.97 Å². The second-order valence-electron chi connectivity index (χ2n) is 4.36. The van der Waals surface area contributed by atoms with E-state index in [0.717, 1.165) is 5.39 Å². The van der Waals surface area contributed by atoms with Gasteiger partial charge in [-0.25, -0.2) is 4.79 Å². The zero-order chi connectivity index (χ0) is 11.1. The first kappa shape index (κ1) is 9.40. The van der Waals surface area contributed by atoms with E-state index in [0.29, 0.717) is 11.5 Å². The van der Waals surface area contributed by atoms with Gasteiger partial charge in [0, 0.05) is 0 Å². The summed E-state index contributed by atoms with van der Waals surface area (Å²) in [6.07, 6.45) is 2.53. The molecule has 0 aliphatic heterocycles. The van der Waals surface area contributed by atoms with Gasteiger partial charge in [0.25, 0.3) is 0 Å². The van der Waals surface area contributed by atoms with Crippen LogP contribution in [0.15, 0.2) is 36.4 Å². The standard InChI is InChI=1S/C14H12O2/c15-14(16)11-6-7-13-10(8-11)2-1-3-12(13)9-4-5-9/h1-3,6-9H,4-5H2,(H,15,16). The third-order valence-corrected chi connectivity index (χ3v) is 3.18. The summed E-state index contributed by atoms with van der Waals surface area (Å²) in [5.41, 5.74) is 1.73. The van der Waals surface area contributed by atoms with Crippen molar-refractivity contribution >= 4 is 16.7 Å². The van der Waals surface area contributed by atoms with Crippen molar-refractivity contribution in [1.82, 2.24) is 0 Å². The Balaban J connectivity index is 2.22. The Morgan fingerprint density at radius 2 is 2.00 bits per heavy atom. The third kappa shape index (κ3) is 1.47. The highest BCUT2D eigenvalue weighted by atomic mass is 16.4. The van der Waals surface area contributed by atoms with E-state index in [9.17, 15) is 4.79 Å². The summed E-state index contributed by atoms with van der Waals surface area (Å²) in [6, 6.07) is 11.5. The summed E-state index contributed by atoms with van der Waals surface area (Å²) in [7, 11) is 0. The van der Waals surface area contributed by atoms with E-state index < -0.39 is 5.97 Å². The number of carbonyl (C=O) groups is 1. The zero-order valence-corrected chi connectivity index (χ0v) is 8.81. The third-order valence-electron chi connectivity index (χ3n) is 3.18. The van der Waals surface area contributed by atoms with Crippen LogP contribution in [0, 0.1) is 0 Å². The lowest BCUT2D eigenvalue weighted by molar-refractivity contribution is 0.0697. The fourth-order valence-corrected chi connectivity index (χ4v) is 2.19. The summed E-state index contributed by atoms with van der Waals surface area (Å²) in [5.74, 6) is -0.168. The second kappa shape index (κ2) is 3.34. The van der Waals surface area contributed by atoms with Gasteiger partial charge in [-0.15, -0.1) is 0 Å². The number of carboxylic acid groups (broad SMARTS) is 1. The van der Waals surface area contributed by atoms with E-state index in [1.807, 2.05) is 18.2 Å². The summed E-state index contributed by atoms with van der Waals surface area (Å²) >= 11 is 0. The molecule has 0 aromatic heterocycles. The van der Waals surface area contributed by atoms with Crippen LogP contribution < -0.4 is 0 Å². The molecular weight excluding hydrogens is 200 g/mol. The molecular formula is C14H12O2. The SMILES string of the molecule is O=C(O)c1ccc2c(C3CC3)cccc2c1. The summed E-state index contributed by atoms with van der Waals surface area (Å²) in [5, 5.41) is 11.2. The minimum Gasteiger partial charge on any atom is -0.478 e. The normalized spacial score (nSPS) is 15.2. The van der Waals surface area contributed by atoms with Crippen molar-refractivity contribution in [3.8, 4) is 0 Å². The molecule has 1 saturated carbocycles. The molecule has 2 aromatic rings. The van der Waals surface area contributed by atoms with E-state index in [2.05, 4.69) is 6.07 Å². The molecule has 1 N–H and O–H groups in total. The summed E-state index contributed by atoms with van der Waals surface area (Å²) < 4.78 is 0. The Kier molecular flexibility index (Phi) is 1.96. The Hall–Kier alpha value is -1.83. The van der Waals surface area contributed by atoms with Gasteiger partial charge in [0.15, 0.2) is 0 Å². The fraction of sp³-hybridized carbons (Fsp3) is 0.214. The zero-order valence-electron chi connectivity index (χ0n) is 8.81. The fourth-order valence-electron chi connectivity index (χ4n) is 2.19. The average molecular weight is 212 g/mol. The van der Waals surface area contributed by atoms with Crippen molar-refractivity contribution in [2.24, 2.45) is 0 Å². The molecule has 1 fully saturated rings. The van der Waals surface area contributed by atoms with Crippen molar-refractivity contribution in [2.75, 3.05) is 0 Å². The molecule has 1 aliphatic rings. The lowest BCUT2D eigenvalue weighted by Gasteiger charge is -2.05.